The van der Waals surface area contributed by atoms with Gasteiger partial charge in [0.2, 0.25) is 0 Å². The minimum Gasteiger partial charge on any atom is -0.756 e. The van der Waals surface area contributed by atoms with E-state index in [2.05, 4.69) is 62.5 Å². The maximum absolute atomic E-state index is 12.6. The quantitative estimate of drug-likeness (QED) is 0.0198. The smallest absolute Gasteiger partial charge is 0.306 e. The molecule has 0 aromatic carbocycles. The zero-order valence-electron chi connectivity index (χ0n) is 36.6. The van der Waals surface area contributed by atoms with Crippen molar-refractivity contribution in [1.29, 1.82) is 0 Å². The molecule has 0 N–H and O–H groups in total. The van der Waals surface area contributed by atoms with Gasteiger partial charge >= 0.3 is 11.9 Å². The first kappa shape index (κ1) is 54.0. The Kier molecular flexibility index (Phi) is 37.1. The summed E-state index contributed by atoms with van der Waals surface area (Å²) in [5.41, 5.74) is 0. The molecular formula is C46H84NO8P. The first-order chi connectivity index (χ1) is 27.0. The van der Waals surface area contributed by atoms with Crippen LogP contribution in [0.3, 0.4) is 0 Å². The maximum atomic E-state index is 12.6. The first-order valence-electron chi connectivity index (χ1n) is 22.3. The van der Waals surface area contributed by atoms with E-state index in [-0.39, 0.29) is 26.1 Å². The van der Waals surface area contributed by atoms with Gasteiger partial charge in [-0.2, -0.15) is 0 Å². The Morgan fingerprint density at radius 1 is 0.571 bits per heavy atom. The van der Waals surface area contributed by atoms with Gasteiger partial charge in [-0.1, -0.05) is 165 Å². The van der Waals surface area contributed by atoms with Crippen LogP contribution < -0.4 is 4.89 Å². The Labute approximate surface area is 343 Å². The largest absolute Gasteiger partial charge is 0.756 e. The zero-order valence-corrected chi connectivity index (χ0v) is 37.5. The second kappa shape index (κ2) is 38.5. The molecule has 0 heterocycles. The normalized spacial score (nSPS) is 14.0. The molecule has 0 saturated carbocycles. The number of rotatable bonds is 40. The molecule has 10 heteroatoms. The Hall–Kier alpha value is -2.03. The molecule has 0 bridgehead atoms. The number of hydrogen-bond donors (Lipinski definition) is 0. The predicted octanol–water partition coefficient (Wildman–Crippen LogP) is 12.1. The number of hydrogen-bond acceptors (Lipinski definition) is 8. The summed E-state index contributed by atoms with van der Waals surface area (Å²) >= 11 is 0. The molecule has 56 heavy (non-hydrogen) atoms. The second-order valence-electron chi connectivity index (χ2n) is 16.0. The molecule has 0 aliphatic carbocycles. The van der Waals surface area contributed by atoms with Crippen LogP contribution in [0.5, 0.6) is 0 Å². The fraction of sp³-hybridized carbons (Fsp3) is 0.783. The SMILES string of the molecule is CC/C=C/C/C=C/C/C=C/C/C=C/CCCCC(=O)O[C@H](COC(=O)CCCCCCCCCCCCCCCCCCC)COP(=O)([O-])OCC[N+](C)(C)C. The summed E-state index contributed by atoms with van der Waals surface area (Å²) in [6, 6.07) is 0. The van der Waals surface area contributed by atoms with Crippen LogP contribution >= 0.6 is 7.82 Å². The van der Waals surface area contributed by atoms with Gasteiger partial charge in [0.05, 0.1) is 27.7 Å². The molecule has 0 aromatic heterocycles. The van der Waals surface area contributed by atoms with Crippen LogP contribution in [0.15, 0.2) is 48.6 Å². The number of nitrogens with zero attached hydrogens (tertiary/aromatic N) is 1. The van der Waals surface area contributed by atoms with Gasteiger partial charge in [-0.15, -0.1) is 0 Å². The van der Waals surface area contributed by atoms with Crippen LogP contribution in [0.2, 0.25) is 0 Å². The van der Waals surface area contributed by atoms with Gasteiger partial charge in [-0.05, 0) is 51.4 Å². The molecule has 0 fully saturated rings. The van der Waals surface area contributed by atoms with Gasteiger partial charge in [-0.25, -0.2) is 0 Å². The summed E-state index contributed by atoms with van der Waals surface area (Å²) in [7, 11) is 1.14. The number of quaternary nitrogens is 1. The lowest BCUT2D eigenvalue weighted by Crippen LogP contribution is -2.37. The fourth-order valence-electron chi connectivity index (χ4n) is 5.88. The fourth-order valence-corrected chi connectivity index (χ4v) is 6.61. The van der Waals surface area contributed by atoms with E-state index in [1.54, 1.807) is 0 Å². The van der Waals surface area contributed by atoms with Crippen molar-refractivity contribution in [2.75, 3.05) is 47.5 Å². The predicted molar refractivity (Wildman–Crippen MR) is 231 cm³/mol. The molecule has 0 amide bonds. The number of carbonyl (C=O) groups excluding carboxylic acids is 2. The van der Waals surface area contributed by atoms with Gasteiger partial charge in [-0.3, -0.25) is 14.2 Å². The standard InChI is InChI=1S/C46H84NO8P/c1-6-8-10-12-14-16-18-20-22-23-25-26-28-30-32-34-36-38-45(48)52-42-44(43-54-56(50,51)53-41-40-47(3,4)5)55-46(49)39-37-35-33-31-29-27-24-21-19-17-15-13-11-9-7-2/h9,11,15,17,21,24,29,31,44H,6-8,10,12-14,16,18-20,22-23,25-28,30,32-43H2,1-5H3/b11-9+,17-15+,24-21+,31-29+/t44-/m1/s1. The third kappa shape index (κ3) is 41.6. The van der Waals surface area contributed by atoms with Gasteiger partial charge in [0.15, 0.2) is 6.10 Å². The van der Waals surface area contributed by atoms with Gasteiger partial charge in [0.1, 0.15) is 19.8 Å². The lowest BCUT2D eigenvalue weighted by atomic mass is 10.0. The molecule has 0 spiro atoms. The Balaban J connectivity index is 4.39. The van der Waals surface area contributed by atoms with E-state index in [0.717, 1.165) is 57.8 Å². The number of phosphoric ester groups is 1. The maximum Gasteiger partial charge on any atom is 0.306 e. The lowest BCUT2D eigenvalue weighted by molar-refractivity contribution is -0.870. The Morgan fingerprint density at radius 3 is 1.52 bits per heavy atom. The molecule has 9 nitrogen and oxygen atoms in total. The molecule has 0 radical (unpaired) electrons. The van der Waals surface area contributed by atoms with E-state index in [1.807, 2.05) is 21.1 Å². The van der Waals surface area contributed by atoms with E-state index in [4.69, 9.17) is 18.5 Å². The number of ether oxygens (including phenoxy) is 2. The van der Waals surface area contributed by atoms with Gasteiger partial charge in [0.25, 0.3) is 7.82 Å². The van der Waals surface area contributed by atoms with Crippen LogP contribution in [-0.4, -0.2) is 70.0 Å². The van der Waals surface area contributed by atoms with Crippen LogP contribution in [0.25, 0.3) is 0 Å². The number of likely N-dealkylation sites (N-methyl/N-ethyl adjacent to an activating group) is 1. The molecule has 0 aliphatic rings. The highest BCUT2D eigenvalue weighted by atomic mass is 31.2. The zero-order chi connectivity index (χ0) is 41.4. The van der Waals surface area contributed by atoms with Crippen molar-refractivity contribution >= 4 is 19.8 Å². The molecule has 2 atom stereocenters. The van der Waals surface area contributed by atoms with E-state index < -0.39 is 32.5 Å². The van der Waals surface area contributed by atoms with E-state index in [0.29, 0.717) is 17.4 Å². The number of esters is 2. The van der Waals surface area contributed by atoms with Crippen molar-refractivity contribution in [3.63, 3.8) is 0 Å². The number of allylic oxidation sites excluding steroid dienone is 8. The highest BCUT2D eigenvalue weighted by Crippen LogP contribution is 2.38. The molecule has 0 saturated heterocycles. The number of unbranched alkanes of at least 4 members (excludes halogenated alkanes) is 18. The minimum atomic E-state index is -4.64. The topological polar surface area (TPSA) is 111 Å². The first-order valence-corrected chi connectivity index (χ1v) is 23.8. The molecule has 1 unspecified atom stereocenters. The van der Waals surface area contributed by atoms with E-state index in [1.165, 1.54) is 89.9 Å². The van der Waals surface area contributed by atoms with Crippen molar-refractivity contribution < 1.29 is 42.1 Å². The van der Waals surface area contributed by atoms with Crippen molar-refractivity contribution in [2.24, 2.45) is 0 Å². The summed E-state index contributed by atoms with van der Waals surface area (Å²) < 4.78 is 33.9. The average molecular weight is 810 g/mol. The van der Waals surface area contributed by atoms with Gasteiger partial charge in [0, 0.05) is 12.8 Å². The summed E-state index contributed by atoms with van der Waals surface area (Å²) in [4.78, 5) is 37.5. The summed E-state index contributed by atoms with van der Waals surface area (Å²) in [5, 5.41) is 0. The van der Waals surface area contributed by atoms with Crippen molar-refractivity contribution in [3.8, 4) is 0 Å². The highest BCUT2D eigenvalue weighted by molar-refractivity contribution is 7.45. The number of carbonyl (C=O) groups is 2. The molecular weight excluding hydrogens is 725 g/mol. The summed E-state index contributed by atoms with van der Waals surface area (Å²) in [5.74, 6) is -0.880. The van der Waals surface area contributed by atoms with E-state index >= 15 is 0 Å². The summed E-state index contributed by atoms with van der Waals surface area (Å²) in [6.07, 6.45) is 44.3. The second-order valence-corrected chi connectivity index (χ2v) is 17.4. The molecule has 0 aliphatic heterocycles. The van der Waals surface area contributed by atoms with Gasteiger partial charge < -0.3 is 27.9 Å². The number of phosphoric acid groups is 1. The van der Waals surface area contributed by atoms with Crippen molar-refractivity contribution in [2.45, 2.75) is 187 Å². The third-order valence-electron chi connectivity index (χ3n) is 9.36. The third-order valence-corrected chi connectivity index (χ3v) is 10.3. The van der Waals surface area contributed by atoms with Crippen LogP contribution in [0.4, 0.5) is 0 Å². The molecule has 0 rings (SSSR count). The molecule has 326 valence electrons. The van der Waals surface area contributed by atoms with Crippen molar-refractivity contribution in [3.05, 3.63) is 48.6 Å². The Morgan fingerprint density at radius 2 is 1.02 bits per heavy atom. The monoisotopic (exact) mass is 810 g/mol. The van der Waals surface area contributed by atoms with Crippen LogP contribution in [-0.2, 0) is 32.7 Å². The lowest BCUT2D eigenvalue weighted by Gasteiger charge is -2.28. The summed E-state index contributed by atoms with van der Waals surface area (Å²) in [6.45, 7) is 4.07. The average Bonchev–Trinajstić information content (AvgIpc) is 3.15. The van der Waals surface area contributed by atoms with Crippen LogP contribution in [0.1, 0.15) is 181 Å². The van der Waals surface area contributed by atoms with E-state index in [9.17, 15) is 19.0 Å². The Bertz CT molecular complexity index is 1100. The van der Waals surface area contributed by atoms with Crippen molar-refractivity contribution in [1.82, 2.24) is 0 Å². The van der Waals surface area contributed by atoms with Crippen LogP contribution in [0, 0.1) is 0 Å². The highest BCUT2D eigenvalue weighted by Gasteiger charge is 2.21. The molecule has 0 aromatic rings. The minimum absolute atomic E-state index is 0.0393.